The molecule has 3 heteroatoms. The third kappa shape index (κ3) is 3.39. The van der Waals surface area contributed by atoms with Gasteiger partial charge in [0.2, 0.25) is 0 Å². The second-order valence-corrected chi connectivity index (χ2v) is 6.64. The summed E-state index contributed by atoms with van der Waals surface area (Å²) in [5, 5.41) is 3.86. The van der Waals surface area contributed by atoms with E-state index in [9.17, 15) is 0 Å². The molecule has 1 saturated carbocycles. The van der Waals surface area contributed by atoms with Crippen LogP contribution in [0.1, 0.15) is 49.8 Å². The van der Waals surface area contributed by atoms with Crippen molar-refractivity contribution < 1.29 is 0 Å². The Balaban J connectivity index is 1.67. The smallest absolute Gasteiger partial charge is 0.0372 e. The first kappa shape index (κ1) is 14.0. The van der Waals surface area contributed by atoms with Crippen LogP contribution in [0, 0.1) is 6.92 Å². The molecule has 1 aliphatic carbocycles. The van der Waals surface area contributed by atoms with Gasteiger partial charge in [0.05, 0.1) is 0 Å². The van der Waals surface area contributed by atoms with E-state index < -0.39 is 0 Å². The molecule has 1 aliphatic heterocycles. The minimum atomic E-state index is 0.396. The van der Waals surface area contributed by atoms with Crippen LogP contribution in [0.5, 0.6) is 0 Å². The molecule has 2 fully saturated rings. The van der Waals surface area contributed by atoms with E-state index in [-0.39, 0.29) is 0 Å². The molecular weight excluding hydrogens is 246 g/mol. The van der Waals surface area contributed by atoms with Gasteiger partial charge in [0.25, 0.3) is 0 Å². The van der Waals surface area contributed by atoms with Gasteiger partial charge >= 0.3 is 0 Å². The van der Waals surface area contributed by atoms with Crippen LogP contribution >= 0.6 is 0 Å². The Bertz CT molecular complexity index is 420. The van der Waals surface area contributed by atoms with Crippen LogP contribution in [0.15, 0.2) is 18.3 Å². The van der Waals surface area contributed by atoms with Crippen LogP contribution in [-0.2, 0) is 6.54 Å². The molecule has 0 amide bonds. The van der Waals surface area contributed by atoms with Gasteiger partial charge in [0.15, 0.2) is 0 Å². The molecule has 1 N–H and O–H groups in total. The number of rotatable bonds is 2. The maximum absolute atomic E-state index is 4.43. The van der Waals surface area contributed by atoms with E-state index in [2.05, 4.69) is 34.3 Å². The highest BCUT2D eigenvalue weighted by molar-refractivity contribution is 5.13. The molecule has 0 bridgehead atoms. The van der Waals surface area contributed by atoms with Gasteiger partial charge in [-0.05, 0) is 50.9 Å². The quantitative estimate of drug-likeness (QED) is 0.898. The number of hydrogen-bond donors (Lipinski definition) is 1. The van der Waals surface area contributed by atoms with Gasteiger partial charge in [0, 0.05) is 30.5 Å². The number of nitrogens with one attached hydrogen (secondary N) is 1. The Morgan fingerprint density at radius 1 is 1.20 bits per heavy atom. The van der Waals surface area contributed by atoms with Gasteiger partial charge in [-0.25, -0.2) is 0 Å². The Morgan fingerprint density at radius 3 is 2.80 bits per heavy atom. The molecule has 1 aromatic rings. The van der Waals surface area contributed by atoms with Crippen LogP contribution < -0.4 is 5.32 Å². The fourth-order valence-electron chi connectivity index (χ4n) is 3.77. The molecule has 110 valence electrons. The molecule has 0 radical (unpaired) electrons. The van der Waals surface area contributed by atoms with Gasteiger partial charge in [-0.2, -0.15) is 0 Å². The second kappa shape index (κ2) is 6.23. The number of pyridine rings is 1. The average molecular weight is 273 g/mol. The minimum Gasteiger partial charge on any atom is -0.310 e. The minimum absolute atomic E-state index is 0.396. The molecule has 3 nitrogen and oxygen atoms in total. The lowest BCUT2D eigenvalue weighted by Crippen LogP contribution is -2.52. The van der Waals surface area contributed by atoms with Crippen molar-refractivity contribution in [2.24, 2.45) is 0 Å². The summed E-state index contributed by atoms with van der Waals surface area (Å²) in [6.07, 6.45) is 10.2. The van der Waals surface area contributed by atoms with Crippen molar-refractivity contribution in [1.29, 1.82) is 0 Å². The maximum atomic E-state index is 4.43. The number of aryl methyl sites for hydroxylation is 1. The van der Waals surface area contributed by atoms with Crippen molar-refractivity contribution in [2.75, 3.05) is 19.6 Å². The highest BCUT2D eigenvalue weighted by atomic mass is 15.2. The van der Waals surface area contributed by atoms with Gasteiger partial charge in [-0.3, -0.25) is 9.88 Å². The van der Waals surface area contributed by atoms with Crippen LogP contribution in [0.4, 0.5) is 0 Å². The fourth-order valence-corrected chi connectivity index (χ4v) is 3.77. The maximum Gasteiger partial charge on any atom is 0.0372 e. The summed E-state index contributed by atoms with van der Waals surface area (Å²) in [7, 11) is 0. The lowest BCUT2D eigenvalue weighted by Gasteiger charge is -2.40. The van der Waals surface area contributed by atoms with Crippen molar-refractivity contribution in [2.45, 2.75) is 57.5 Å². The van der Waals surface area contributed by atoms with Crippen LogP contribution in [0.25, 0.3) is 0 Å². The van der Waals surface area contributed by atoms with Crippen molar-refractivity contribution in [3.05, 3.63) is 29.6 Å². The SMILES string of the molecule is Cc1ccc(CN2CCCNC3(CCCCC3)C2)cn1. The molecule has 2 aliphatic rings. The lowest BCUT2D eigenvalue weighted by molar-refractivity contribution is 0.159. The Morgan fingerprint density at radius 2 is 2.05 bits per heavy atom. The zero-order chi connectivity index (χ0) is 13.8. The Kier molecular flexibility index (Phi) is 4.37. The Labute approximate surface area is 122 Å². The lowest BCUT2D eigenvalue weighted by atomic mass is 9.81. The zero-order valence-corrected chi connectivity index (χ0v) is 12.7. The van der Waals surface area contributed by atoms with Crippen LogP contribution in [-0.4, -0.2) is 35.1 Å². The zero-order valence-electron chi connectivity index (χ0n) is 12.7. The summed E-state index contributed by atoms with van der Waals surface area (Å²) in [4.78, 5) is 7.07. The molecule has 0 atom stereocenters. The van der Waals surface area contributed by atoms with E-state index in [1.807, 2.05) is 6.20 Å². The normalized spacial score (nSPS) is 23.6. The van der Waals surface area contributed by atoms with E-state index in [1.165, 1.54) is 63.7 Å². The third-order valence-electron chi connectivity index (χ3n) is 4.87. The molecule has 1 spiro atoms. The average Bonchev–Trinajstić information content (AvgIpc) is 2.65. The van der Waals surface area contributed by atoms with Gasteiger partial charge in [-0.1, -0.05) is 25.3 Å². The van der Waals surface area contributed by atoms with Crippen molar-refractivity contribution in [1.82, 2.24) is 15.2 Å². The molecule has 20 heavy (non-hydrogen) atoms. The molecule has 1 saturated heterocycles. The van der Waals surface area contributed by atoms with Crippen molar-refractivity contribution in [3.63, 3.8) is 0 Å². The molecule has 0 aromatic carbocycles. The van der Waals surface area contributed by atoms with Gasteiger partial charge < -0.3 is 5.32 Å². The van der Waals surface area contributed by atoms with Gasteiger partial charge in [0.1, 0.15) is 0 Å². The molecule has 3 rings (SSSR count). The second-order valence-electron chi connectivity index (χ2n) is 6.64. The highest BCUT2D eigenvalue weighted by Gasteiger charge is 2.34. The number of hydrogen-bond acceptors (Lipinski definition) is 3. The first-order valence-corrected chi connectivity index (χ1v) is 8.15. The summed E-state index contributed by atoms with van der Waals surface area (Å²) in [5.74, 6) is 0. The summed E-state index contributed by atoms with van der Waals surface area (Å²) in [5.41, 5.74) is 2.85. The molecule has 2 heterocycles. The molecule has 0 unspecified atom stereocenters. The van der Waals surface area contributed by atoms with E-state index in [0.717, 1.165) is 12.2 Å². The van der Waals surface area contributed by atoms with E-state index in [0.29, 0.717) is 5.54 Å². The van der Waals surface area contributed by atoms with Crippen molar-refractivity contribution >= 4 is 0 Å². The predicted octanol–water partition coefficient (Wildman–Crippen LogP) is 2.89. The highest BCUT2D eigenvalue weighted by Crippen LogP contribution is 2.30. The van der Waals surface area contributed by atoms with Crippen LogP contribution in [0.2, 0.25) is 0 Å². The molecular formula is C17H27N3. The summed E-state index contributed by atoms with van der Waals surface area (Å²) >= 11 is 0. The standard InChI is InChI=1S/C17H27N3/c1-15-6-7-16(12-18-15)13-20-11-5-10-19-17(14-20)8-3-2-4-9-17/h6-7,12,19H,2-5,8-11,13-14H2,1H3. The number of nitrogens with zero attached hydrogens (tertiary/aromatic N) is 2. The monoisotopic (exact) mass is 273 g/mol. The van der Waals surface area contributed by atoms with E-state index >= 15 is 0 Å². The van der Waals surface area contributed by atoms with E-state index in [4.69, 9.17) is 0 Å². The fraction of sp³-hybridized carbons (Fsp3) is 0.706. The first-order chi connectivity index (χ1) is 9.76. The summed E-state index contributed by atoms with van der Waals surface area (Å²) in [6, 6.07) is 4.36. The topological polar surface area (TPSA) is 28.2 Å². The summed E-state index contributed by atoms with van der Waals surface area (Å²) in [6.45, 7) is 6.71. The van der Waals surface area contributed by atoms with Gasteiger partial charge in [-0.15, -0.1) is 0 Å². The van der Waals surface area contributed by atoms with E-state index in [1.54, 1.807) is 0 Å². The van der Waals surface area contributed by atoms with Crippen molar-refractivity contribution in [3.8, 4) is 0 Å². The Hall–Kier alpha value is -0.930. The number of aromatic nitrogens is 1. The third-order valence-corrected chi connectivity index (χ3v) is 4.87. The molecule has 1 aromatic heterocycles. The summed E-state index contributed by atoms with van der Waals surface area (Å²) < 4.78 is 0. The first-order valence-electron chi connectivity index (χ1n) is 8.15. The largest absolute Gasteiger partial charge is 0.310 e. The van der Waals surface area contributed by atoms with Crippen LogP contribution in [0.3, 0.4) is 0 Å². The predicted molar refractivity (Wildman–Crippen MR) is 82.7 cm³/mol.